The summed E-state index contributed by atoms with van der Waals surface area (Å²) >= 11 is 16.2. The van der Waals surface area contributed by atoms with Gasteiger partial charge in [-0.05, 0) is 6.92 Å². The van der Waals surface area contributed by atoms with Crippen LogP contribution in [0.25, 0.3) is 0 Å². The third-order valence-corrected chi connectivity index (χ3v) is 1.22. The molecule has 11 heavy (non-hydrogen) atoms. The van der Waals surface area contributed by atoms with Crippen molar-refractivity contribution in [2.75, 3.05) is 6.54 Å². The van der Waals surface area contributed by atoms with E-state index in [9.17, 15) is 4.79 Å². The third-order valence-electron chi connectivity index (χ3n) is 0.713. The molecule has 0 bridgehead atoms. The van der Waals surface area contributed by atoms with Crippen molar-refractivity contribution in [1.29, 1.82) is 0 Å². The lowest BCUT2D eigenvalue weighted by Crippen LogP contribution is -2.16. The number of alkyl halides is 3. The maximum atomic E-state index is 9.79. The van der Waals surface area contributed by atoms with Gasteiger partial charge in [-0.1, -0.05) is 34.8 Å². The van der Waals surface area contributed by atoms with Crippen molar-refractivity contribution < 1.29 is 4.79 Å². The maximum Gasteiger partial charge on any atom is 0.250 e. The van der Waals surface area contributed by atoms with Gasteiger partial charge in [-0.15, -0.1) is 4.99 Å². The summed E-state index contributed by atoms with van der Waals surface area (Å²) in [5.74, 6) is -0.139. The van der Waals surface area contributed by atoms with E-state index in [0.717, 1.165) is 0 Å². The molecule has 0 aromatic carbocycles. The topological polar surface area (TPSA) is 41.8 Å². The molecule has 0 rings (SSSR count). The summed E-state index contributed by atoms with van der Waals surface area (Å²) < 4.78 is -1.74. The highest BCUT2D eigenvalue weighted by Crippen LogP contribution is 2.28. The van der Waals surface area contributed by atoms with Gasteiger partial charge in [0.05, 0.1) is 0 Å². The first-order chi connectivity index (χ1) is 5.02. The fourth-order valence-electron chi connectivity index (χ4n) is 0.381. The molecule has 0 aliphatic rings. The lowest BCUT2D eigenvalue weighted by molar-refractivity contribution is 0.565. The summed E-state index contributed by atoms with van der Waals surface area (Å²) in [6.07, 6.45) is 1.25. The number of hydrogen-bond acceptors (Lipinski definition) is 2. The monoisotopic (exact) mass is 214 g/mol. The lowest BCUT2D eigenvalue weighted by Gasteiger charge is -2.07. The molecule has 62 valence electrons. The molecule has 0 aromatic heterocycles. The van der Waals surface area contributed by atoms with E-state index in [2.05, 4.69) is 9.98 Å². The minimum Gasteiger partial charge on any atom is -0.266 e. The Morgan fingerprint density at radius 1 is 1.55 bits per heavy atom. The van der Waals surface area contributed by atoms with Crippen LogP contribution >= 0.6 is 34.8 Å². The second-order valence-electron chi connectivity index (χ2n) is 1.50. The molecular weight excluding hydrogens is 210 g/mol. The Labute approximate surface area is 79.1 Å². The predicted octanol–water partition coefficient (Wildman–Crippen LogP) is 2.11. The first-order valence-electron chi connectivity index (χ1n) is 2.72. The summed E-state index contributed by atoms with van der Waals surface area (Å²) in [7, 11) is 0. The molecule has 0 saturated heterocycles. The van der Waals surface area contributed by atoms with Crippen LogP contribution in [0.4, 0.5) is 0 Å². The molecule has 0 aliphatic carbocycles. The zero-order valence-corrected chi connectivity index (χ0v) is 7.91. The van der Waals surface area contributed by atoms with Gasteiger partial charge in [0, 0.05) is 6.54 Å². The van der Waals surface area contributed by atoms with E-state index >= 15 is 0 Å². The first-order valence-corrected chi connectivity index (χ1v) is 3.85. The molecule has 0 saturated carbocycles. The SMILES string of the molecule is CCN=C(N=C=O)C(Cl)(Cl)Cl. The van der Waals surface area contributed by atoms with Crippen LogP contribution in [0.15, 0.2) is 9.98 Å². The Morgan fingerprint density at radius 2 is 2.09 bits per heavy atom. The Kier molecular flexibility index (Phi) is 4.69. The number of amidine groups is 1. The highest BCUT2D eigenvalue weighted by atomic mass is 35.6. The van der Waals surface area contributed by atoms with Crippen LogP contribution in [-0.4, -0.2) is 22.3 Å². The molecule has 0 unspecified atom stereocenters. The maximum absolute atomic E-state index is 9.79. The molecule has 0 spiro atoms. The van der Waals surface area contributed by atoms with Crippen LogP contribution in [0.3, 0.4) is 0 Å². The number of isocyanates is 1. The fraction of sp³-hybridized carbons (Fsp3) is 0.600. The second kappa shape index (κ2) is 4.73. The Morgan fingerprint density at radius 3 is 2.36 bits per heavy atom. The van der Waals surface area contributed by atoms with Crippen LogP contribution in [-0.2, 0) is 4.79 Å². The van der Waals surface area contributed by atoms with E-state index in [0.29, 0.717) is 6.54 Å². The number of carbonyl (C=O) groups excluding carboxylic acids is 1. The number of rotatable bonds is 1. The fourth-order valence-corrected chi connectivity index (χ4v) is 0.687. The largest absolute Gasteiger partial charge is 0.266 e. The summed E-state index contributed by atoms with van der Waals surface area (Å²) in [4.78, 5) is 16.6. The van der Waals surface area contributed by atoms with Crippen molar-refractivity contribution in [2.24, 2.45) is 9.98 Å². The zero-order valence-electron chi connectivity index (χ0n) is 5.64. The van der Waals surface area contributed by atoms with Crippen molar-refractivity contribution in [3.63, 3.8) is 0 Å². The molecule has 0 N–H and O–H groups in total. The minimum atomic E-state index is -1.74. The Balaban J connectivity index is 4.61. The summed E-state index contributed by atoms with van der Waals surface area (Å²) in [5.41, 5.74) is 0. The molecule has 0 aromatic rings. The molecule has 0 atom stereocenters. The van der Waals surface area contributed by atoms with Crippen LogP contribution < -0.4 is 0 Å². The van der Waals surface area contributed by atoms with Crippen LogP contribution in [0.1, 0.15) is 6.92 Å². The van der Waals surface area contributed by atoms with Gasteiger partial charge < -0.3 is 0 Å². The van der Waals surface area contributed by atoms with Gasteiger partial charge in [0.15, 0.2) is 5.84 Å². The molecule has 0 aliphatic heterocycles. The molecule has 0 amide bonds. The quantitative estimate of drug-likeness (QED) is 0.286. The van der Waals surface area contributed by atoms with Crippen LogP contribution in [0.2, 0.25) is 0 Å². The minimum absolute atomic E-state index is 0.139. The van der Waals surface area contributed by atoms with Gasteiger partial charge in [-0.3, -0.25) is 4.99 Å². The average molecular weight is 215 g/mol. The van der Waals surface area contributed by atoms with Gasteiger partial charge in [-0.2, -0.15) is 0 Å². The van der Waals surface area contributed by atoms with E-state index in [-0.39, 0.29) is 5.84 Å². The van der Waals surface area contributed by atoms with Crippen molar-refractivity contribution >= 4 is 46.7 Å². The molecule has 0 radical (unpaired) electrons. The van der Waals surface area contributed by atoms with Gasteiger partial charge >= 0.3 is 0 Å². The van der Waals surface area contributed by atoms with E-state index in [1.165, 1.54) is 6.08 Å². The second-order valence-corrected chi connectivity index (χ2v) is 3.78. The predicted molar refractivity (Wildman–Crippen MR) is 46.4 cm³/mol. The number of aliphatic imine (C=N–C) groups is 2. The highest BCUT2D eigenvalue weighted by Gasteiger charge is 2.27. The van der Waals surface area contributed by atoms with E-state index in [4.69, 9.17) is 34.8 Å². The number of nitrogens with zero attached hydrogens (tertiary/aromatic N) is 2. The van der Waals surface area contributed by atoms with Crippen molar-refractivity contribution in [2.45, 2.75) is 10.7 Å². The molecule has 0 heterocycles. The number of halogens is 3. The summed E-state index contributed by atoms with van der Waals surface area (Å²) in [6, 6.07) is 0. The van der Waals surface area contributed by atoms with Crippen molar-refractivity contribution in [3.8, 4) is 0 Å². The van der Waals surface area contributed by atoms with Gasteiger partial charge in [0.2, 0.25) is 6.08 Å². The lowest BCUT2D eigenvalue weighted by atomic mass is 10.6. The van der Waals surface area contributed by atoms with E-state index < -0.39 is 3.79 Å². The summed E-state index contributed by atoms with van der Waals surface area (Å²) in [5, 5.41) is 0. The summed E-state index contributed by atoms with van der Waals surface area (Å²) in [6.45, 7) is 2.13. The average Bonchev–Trinajstić information content (AvgIpc) is 1.85. The third kappa shape index (κ3) is 4.38. The van der Waals surface area contributed by atoms with Crippen LogP contribution in [0, 0.1) is 0 Å². The standard InChI is InChI=1S/C5H5Cl3N2O/c1-2-9-4(10-3-11)5(6,7)8/h2H2,1H3. The van der Waals surface area contributed by atoms with Crippen molar-refractivity contribution in [1.82, 2.24) is 0 Å². The van der Waals surface area contributed by atoms with E-state index in [1.807, 2.05) is 0 Å². The van der Waals surface area contributed by atoms with E-state index in [1.54, 1.807) is 6.92 Å². The smallest absolute Gasteiger partial charge is 0.250 e. The highest BCUT2D eigenvalue weighted by molar-refractivity contribution is 6.76. The normalized spacial score (nSPS) is 12.5. The van der Waals surface area contributed by atoms with Gasteiger partial charge in [0.1, 0.15) is 0 Å². The molecule has 0 fully saturated rings. The Bertz CT molecular complexity index is 202. The molecular formula is C5H5Cl3N2O. The van der Waals surface area contributed by atoms with Crippen molar-refractivity contribution in [3.05, 3.63) is 0 Å². The van der Waals surface area contributed by atoms with Crippen LogP contribution in [0.5, 0.6) is 0 Å². The van der Waals surface area contributed by atoms with Gasteiger partial charge in [0.25, 0.3) is 3.79 Å². The number of hydrogen-bond donors (Lipinski definition) is 0. The molecule has 3 nitrogen and oxygen atoms in total. The Hall–Kier alpha value is -0.0800. The molecule has 6 heteroatoms. The van der Waals surface area contributed by atoms with Gasteiger partial charge in [-0.25, -0.2) is 4.79 Å². The first kappa shape index (κ1) is 10.9. The zero-order chi connectivity index (χ0) is 8.91.